The molecule has 2 N–H and O–H groups in total. The standard InChI is InChI=1S/C42H50FN6O7PS/c1-5-20-55-42(53)26(2)46-57(54,56-31-11-7-6-8-12-31)38(43)27-14-17-36-28(21-27)22-37(58-36)39(50)45-33-13-9-10-30-15-16-35(49(30)40(33)51)41(52)48-24-29(25-48)32-23-44-19-18-34(32)47(3)4/h6-8,11-12,14,17-19,21-23,26,29-30,33,35,38H,5,9-10,13,15-16,20,24-25H2,1-4H3,(H,45,50)(H,46,54)/t26-,30-,33-,35-,38+,57-/m0/s1. The van der Waals surface area contributed by atoms with Crippen molar-refractivity contribution in [2.75, 3.05) is 38.7 Å². The Bertz CT molecular complexity index is 2200. The molecule has 308 valence electrons. The van der Waals surface area contributed by atoms with Gasteiger partial charge in [-0.25, -0.2) is 9.48 Å². The number of ether oxygens (including phenoxy) is 1. The molecular weight excluding hydrogens is 783 g/mol. The van der Waals surface area contributed by atoms with Crippen molar-refractivity contribution in [3.63, 3.8) is 0 Å². The Hall–Kier alpha value is -4.85. The van der Waals surface area contributed by atoms with Gasteiger partial charge in [-0.2, -0.15) is 0 Å². The summed E-state index contributed by atoms with van der Waals surface area (Å²) in [5, 5.41) is 6.07. The number of hydrogen-bond donors (Lipinski definition) is 2. The van der Waals surface area contributed by atoms with Crippen molar-refractivity contribution in [1.29, 1.82) is 0 Å². The smallest absolute Gasteiger partial charge is 0.355 e. The van der Waals surface area contributed by atoms with Gasteiger partial charge in [-0.15, -0.1) is 11.3 Å². The predicted molar refractivity (Wildman–Crippen MR) is 221 cm³/mol. The fourth-order valence-corrected chi connectivity index (χ4v) is 11.0. The quantitative estimate of drug-likeness (QED) is 0.103. The van der Waals surface area contributed by atoms with Crippen LogP contribution in [0.3, 0.4) is 0 Å². The number of esters is 1. The second-order valence-corrected chi connectivity index (χ2v) is 18.7. The van der Waals surface area contributed by atoms with Crippen molar-refractivity contribution in [3.05, 3.63) is 89.1 Å². The van der Waals surface area contributed by atoms with Crippen LogP contribution < -0.4 is 19.8 Å². The van der Waals surface area contributed by atoms with Crippen molar-refractivity contribution in [3.8, 4) is 5.75 Å². The zero-order valence-corrected chi connectivity index (χ0v) is 34.8. The molecule has 2 aromatic heterocycles. The first-order chi connectivity index (χ1) is 27.9. The lowest BCUT2D eigenvalue weighted by Crippen LogP contribution is -2.58. The zero-order chi connectivity index (χ0) is 41.1. The van der Waals surface area contributed by atoms with Crippen molar-refractivity contribution in [2.45, 2.75) is 88.4 Å². The normalized spacial score (nSPS) is 21.6. The van der Waals surface area contributed by atoms with Gasteiger partial charge >= 0.3 is 13.5 Å². The number of amides is 3. The summed E-state index contributed by atoms with van der Waals surface area (Å²) in [4.78, 5) is 64.6. The molecule has 0 bridgehead atoms. The Morgan fingerprint density at radius 2 is 1.83 bits per heavy atom. The van der Waals surface area contributed by atoms with E-state index in [-0.39, 0.29) is 41.7 Å². The van der Waals surface area contributed by atoms with Crippen molar-refractivity contribution < 1.29 is 37.4 Å². The Balaban J connectivity index is 1.03. The lowest BCUT2D eigenvalue weighted by Gasteiger charge is -2.43. The van der Waals surface area contributed by atoms with E-state index in [0.29, 0.717) is 47.3 Å². The number of para-hydroxylation sites is 1. The van der Waals surface area contributed by atoms with Gasteiger partial charge in [0, 0.05) is 67.5 Å². The molecule has 0 radical (unpaired) electrons. The molecule has 6 atom stereocenters. The van der Waals surface area contributed by atoms with Crippen LogP contribution in [0.5, 0.6) is 5.75 Å². The van der Waals surface area contributed by atoms with Gasteiger partial charge in [0.05, 0.1) is 11.5 Å². The number of fused-ring (bicyclic) bond motifs is 2. The van der Waals surface area contributed by atoms with Crippen LogP contribution in [0.2, 0.25) is 0 Å². The molecule has 13 nitrogen and oxygen atoms in total. The molecule has 4 aromatic rings. The number of thiophene rings is 1. The maximum Gasteiger partial charge on any atom is 0.355 e. The maximum absolute atomic E-state index is 16.5. The summed E-state index contributed by atoms with van der Waals surface area (Å²) in [6, 6.07) is 13.8. The van der Waals surface area contributed by atoms with E-state index in [0.717, 1.165) is 30.5 Å². The van der Waals surface area contributed by atoms with Crippen LogP contribution in [0.25, 0.3) is 10.1 Å². The molecule has 3 amide bonds. The van der Waals surface area contributed by atoms with Gasteiger partial charge in [0.2, 0.25) is 17.7 Å². The molecule has 5 heterocycles. The molecule has 3 fully saturated rings. The number of pyridine rings is 1. The van der Waals surface area contributed by atoms with Crippen LogP contribution in [0.15, 0.2) is 73.1 Å². The van der Waals surface area contributed by atoms with Crippen LogP contribution in [-0.2, 0) is 23.7 Å². The zero-order valence-electron chi connectivity index (χ0n) is 33.1. The van der Waals surface area contributed by atoms with E-state index in [2.05, 4.69) is 15.4 Å². The summed E-state index contributed by atoms with van der Waals surface area (Å²) in [5.74, 6) is -3.30. The van der Waals surface area contributed by atoms with E-state index in [9.17, 15) is 23.7 Å². The van der Waals surface area contributed by atoms with Gasteiger partial charge in [-0.1, -0.05) is 31.2 Å². The molecule has 3 aliphatic rings. The monoisotopic (exact) mass is 832 g/mol. The van der Waals surface area contributed by atoms with Crippen molar-refractivity contribution in [2.24, 2.45) is 0 Å². The number of likely N-dealkylation sites (tertiary alicyclic amines) is 1. The Morgan fingerprint density at radius 3 is 2.57 bits per heavy atom. The topological polar surface area (TPSA) is 150 Å². The van der Waals surface area contributed by atoms with E-state index in [1.165, 1.54) is 30.4 Å². The number of aromatic nitrogens is 1. The number of alkyl halides is 1. The molecule has 16 heteroatoms. The van der Waals surface area contributed by atoms with Gasteiger partial charge in [0.1, 0.15) is 23.9 Å². The summed E-state index contributed by atoms with van der Waals surface area (Å²) in [6.45, 7) is 4.57. The summed E-state index contributed by atoms with van der Waals surface area (Å²) >= 11 is 1.19. The lowest BCUT2D eigenvalue weighted by atomic mass is 9.90. The van der Waals surface area contributed by atoms with Crippen LogP contribution in [0.4, 0.5) is 10.1 Å². The highest BCUT2D eigenvalue weighted by atomic mass is 32.1. The largest absolute Gasteiger partial charge is 0.465 e. The molecule has 0 unspecified atom stereocenters. The molecule has 7 rings (SSSR count). The number of nitrogens with one attached hydrogen (secondary N) is 2. The fourth-order valence-electron chi connectivity index (χ4n) is 8.10. The number of rotatable bonds is 14. The van der Waals surface area contributed by atoms with Crippen LogP contribution in [-0.4, -0.2) is 96.4 Å². The van der Waals surface area contributed by atoms with Crippen LogP contribution in [0.1, 0.15) is 85.0 Å². The molecule has 58 heavy (non-hydrogen) atoms. The molecule has 0 aliphatic carbocycles. The van der Waals surface area contributed by atoms with Crippen molar-refractivity contribution in [1.82, 2.24) is 25.2 Å². The second-order valence-electron chi connectivity index (χ2n) is 15.5. The number of anilines is 1. The third kappa shape index (κ3) is 8.62. The Labute approximate surface area is 341 Å². The minimum atomic E-state index is -4.44. The van der Waals surface area contributed by atoms with E-state index in [1.54, 1.807) is 53.6 Å². The van der Waals surface area contributed by atoms with Gasteiger partial charge in [-0.3, -0.25) is 28.7 Å². The van der Waals surface area contributed by atoms with E-state index in [1.807, 2.05) is 43.1 Å². The van der Waals surface area contributed by atoms with E-state index in [4.69, 9.17) is 9.26 Å². The highest BCUT2D eigenvalue weighted by Crippen LogP contribution is 2.58. The Kier molecular flexibility index (Phi) is 12.5. The number of hydrogen-bond acceptors (Lipinski definition) is 10. The van der Waals surface area contributed by atoms with Crippen LogP contribution >= 0.6 is 18.9 Å². The molecule has 3 aliphatic heterocycles. The summed E-state index contributed by atoms with van der Waals surface area (Å²) in [6.07, 6.45) is 7.47. The fraction of sp³-hybridized carbons (Fsp3) is 0.452. The minimum absolute atomic E-state index is 0.0278. The lowest BCUT2D eigenvalue weighted by molar-refractivity contribution is -0.148. The second kappa shape index (κ2) is 17.6. The molecule has 0 spiro atoms. The Morgan fingerprint density at radius 1 is 1.05 bits per heavy atom. The first kappa shape index (κ1) is 41.3. The molecule has 2 aromatic carbocycles. The number of carbonyl (C=O) groups is 4. The number of benzene rings is 2. The maximum atomic E-state index is 16.5. The van der Waals surface area contributed by atoms with Crippen LogP contribution in [0, 0.1) is 0 Å². The van der Waals surface area contributed by atoms with Gasteiger partial charge < -0.3 is 29.3 Å². The number of halogens is 1. The summed E-state index contributed by atoms with van der Waals surface area (Å²) in [5.41, 5.74) is 2.20. The molecule has 0 saturated carbocycles. The summed E-state index contributed by atoms with van der Waals surface area (Å²) < 4.78 is 42.4. The van der Waals surface area contributed by atoms with E-state index < -0.39 is 43.4 Å². The predicted octanol–water partition coefficient (Wildman–Crippen LogP) is 6.80. The average molecular weight is 833 g/mol. The summed E-state index contributed by atoms with van der Waals surface area (Å²) in [7, 11) is -0.469. The third-order valence-corrected chi connectivity index (χ3v) is 14.4. The average Bonchev–Trinajstić information content (AvgIpc) is 3.79. The molecular formula is C42H50FN6O7PS. The SMILES string of the molecule is CCCOC(=O)[C@H](C)N[P@@](=O)(Oc1ccccc1)[C@@H](F)c1ccc2sc(C(=O)N[C@H]3CCC[C@H]4CC[C@@H](C(=O)N5CC(c6cnccc6N(C)C)C5)N4C3=O)cc2c1. The highest BCUT2D eigenvalue weighted by Gasteiger charge is 2.48. The minimum Gasteiger partial charge on any atom is -0.465 e. The van der Waals surface area contributed by atoms with Gasteiger partial charge in [0.25, 0.3) is 5.91 Å². The first-order valence-corrected chi connectivity index (χ1v) is 22.4. The van der Waals surface area contributed by atoms with E-state index >= 15 is 4.39 Å². The van der Waals surface area contributed by atoms with Gasteiger partial charge in [0.15, 0.2) is 0 Å². The molecule has 3 saturated heterocycles. The number of nitrogens with zero attached hydrogens (tertiary/aromatic N) is 4. The first-order valence-electron chi connectivity index (χ1n) is 19.9. The van der Waals surface area contributed by atoms with Gasteiger partial charge in [-0.05, 0) is 92.8 Å². The highest BCUT2D eigenvalue weighted by molar-refractivity contribution is 7.57. The van der Waals surface area contributed by atoms with Crippen molar-refractivity contribution >= 4 is 58.3 Å². The third-order valence-electron chi connectivity index (χ3n) is 11.1. The number of carbonyl (C=O) groups excluding carboxylic acids is 4.